The Labute approximate surface area is 120 Å². The third-order valence-electron chi connectivity index (χ3n) is 3.20. The van der Waals surface area contributed by atoms with Gasteiger partial charge in [0.2, 0.25) is 0 Å². The van der Waals surface area contributed by atoms with Crippen LogP contribution in [0.3, 0.4) is 0 Å². The van der Waals surface area contributed by atoms with Crippen LogP contribution in [-0.2, 0) is 11.3 Å². The molecule has 7 heteroatoms. The predicted octanol–water partition coefficient (Wildman–Crippen LogP) is 1.62. The van der Waals surface area contributed by atoms with Crippen molar-refractivity contribution in [3.8, 4) is 0 Å². The number of rotatable bonds is 5. The average Bonchev–Trinajstić information content (AvgIpc) is 3.20. The lowest BCUT2D eigenvalue weighted by molar-refractivity contribution is 0.0956. The molecule has 20 heavy (non-hydrogen) atoms. The van der Waals surface area contributed by atoms with Crippen LogP contribution in [0.15, 0.2) is 24.5 Å². The third-order valence-corrected chi connectivity index (χ3v) is 4.37. The van der Waals surface area contributed by atoms with E-state index in [0.717, 1.165) is 29.2 Å². The molecule has 0 unspecified atom stereocenters. The lowest BCUT2D eigenvalue weighted by atomic mass is 10.2. The van der Waals surface area contributed by atoms with Gasteiger partial charge in [-0.15, -0.1) is 16.4 Å². The van der Waals surface area contributed by atoms with Crippen LogP contribution < -0.4 is 5.32 Å². The van der Waals surface area contributed by atoms with E-state index < -0.39 is 0 Å². The Balaban J connectivity index is 1.51. The first kappa shape index (κ1) is 13.3. The zero-order valence-electron chi connectivity index (χ0n) is 11.0. The average molecular weight is 292 g/mol. The topological polar surface area (TPSA) is 69.0 Å². The summed E-state index contributed by atoms with van der Waals surface area (Å²) in [5.41, 5.74) is 0. The number of hydrogen-bond donors (Lipinski definition) is 1. The molecule has 1 saturated heterocycles. The van der Waals surface area contributed by atoms with Crippen molar-refractivity contribution in [2.24, 2.45) is 0 Å². The maximum Gasteiger partial charge on any atom is 0.261 e. The van der Waals surface area contributed by atoms with E-state index in [4.69, 9.17) is 4.74 Å². The molecular weight excluding hydrogens is 276 g/mol. The second-order valence-electron chi connectivity index (χ2n) is 4.63. The summed E-state index contributed by atoms with van der Waals surface area (Å²) in [6.45, 7) is 1.98. The summed E-state index contributed by atoms with van der Waals surface area (Å²) in [4.78, 5) is 13.9. The summed E-state index contributed by atoms with van der Waals surface area (Å²) in [7, 11) is 0. The van der Waals surface area contributed by atoms with E-state index in [9.17, 15) is 4.79 Å². The predicted molar refractivity (Wildman–Crippen MR) is 74.6 cm³/mol. The van der Waals surface area contributed by atoms with Gasteiger partial charge in [0.05, 0.1) is 23.7 Å². The van der Waals surface area contributed by atoms with Crippen molar-refractivity contribution in [3.63, 3.8) is 0 Å². The standard InChI is InChI=1S/C13H16N4O2S/c18-13(14-5-7-17-8-6-15-16-17)12-4-3-11(20-12)10-2-1-9-19-10/h3-4,6,8,10H,1-2,5,7,9H2,(H,14,18)/t10-/m1/s1. The number of amides is 1. The molecule has 0 saturated carbocycles. The molecule has 106 valence electrons. The SMILES string of the molecule is O=C(NCCn1ccnn1)c1ccc([C@H]2CCCO2)s1. The minimum absolute atomic E-state index is 0.0423. The summed E-state index contributed by atoms with van der Waals surface area (Å²) in [5, 5.41) is 10.4. The summed E-state index contributed by atoms with van der Waals surface area (Å²) in [6.07, 6.45) is 5.72. The van der Waals surface area contributed by atoms with Gasteiger partial charge >= 0.3 is 0 Å². The number of hydrogen-bond acceptors (Lipinski definition) is 5. The van der Waals surface area contributed by atoms with Gasteiger partial charge in [-0.05, 0) is 25.0 Å². The minimum Gasteiger partial charge on any atom is -0.373 e. The molecular formula is C13H16N4O2S. The van der Waals surface area contributed by atoms with Gasteiger partial charge in [0.25, 0.3) is 5.91 Å². The molecule has 2 aromatic heterocycles. The molecule has 1 atom stereocenters. The summed E-state index contributed by atoms with van der Waals surface area (Å²) < 4.78 is 7.31. The fourth-order valence-corrected chi connectivity index (χ4v) is 3.18. The van der Waals surface area contributed by atoms with Gasteiger partial charge in [-0.3, -0.25) is 9.48 Å². The molecule has 0 spiro atoms. The van der Waals surface area contributed by atoms with E-state index in [0.29, 0.717) is 13.1 Å². The van der Waals surface area contributed by atoms with Crippen LogP contribution >= 0.6 is 11.3 Å². The Morgan fingerprint density at radius 1 is 1.55 bits per heavy atom. The van der Waals surface area contributed by atoms with Crippen LogP contribution in [0.25, 0.3) is 0 Å². The van der Waals surface area contributed by atoms with Crippen molar-refractivity contribution < 1.29 is 9.53 Å². The maximum atomic E-state index is 12.0. The number of carbonyl (C=O) groups is 1. The normalized spacial score (nSPS) is 18.3. The third kappa shape index (κ3) is 3.05. The molecule has 3 heterocycles. The Bertz CT molecular complexity index is 561. The molecule has 1 aliphatic rings. The smallest absolute Gasteiger partial charge is 0.261 e. The largest absolute Gasteiger partial charge is 0.373 e. The second-order valence-corrected chi connectivity index (χ2v) is 5.74. The van der Waals surface area contributed by atoms with Crippen molar-refractivity contribution in [3.05, 3.63) is 34.3 Å². The lowest BCUT2D eigenvalue weighted by Gasteiger charge is -2.05. The lowest BCUT2D eigenvalue weighted by Crippen LogP contribution is -2.26. The van der Waals surface area contributed by atoms with Crippen LogP contribution in [0, 0.1) is 0 Å². The first-order valence-corrected chi connectivity index (χ1v) is 7.48. The van der Waals surface area contributed by atoms with Crippen LogP contribution in [-0.4, -0.2) is 34.1 Å². The molecule has 1 fully saturated rings. The molecule has 0 bridgehead atoms. The Kier molecular flexibility index (Phi) is 4.08. The molecule has 0 aromatic carbocycles. The zero-order valence-corrected chi connectivity index (χ0v) is 11.8. The highest BCUT2D eigenvalue weighted by Crippen LogP contribution is 2.33. The Morgan fingerprint density at radius 2 is 2.50 bits per heavy atom. The maximum absolute atomic E-state index is 12.0. The van der Waals surface area contributed by atoms with Gasteiger partial charge in [-0.25, -0.2) is 0 Å². The fraction of sp³-hybridized carbons (Fsp3) is 0.462. The summed E-state index contributed by atoms with van der Waals surface area (Å²) >= 11 is 1.51. The van der Waals surface area contributed by atoms with E-state index in [-0.39, 0.29) is 12.0 Å². The highest BCUT2D eigenvalue weighted by atomic mass is 32.1. The van der Waals surface area contributed by atoms with E-state index in [1.807, 2.05) is 12.1 Å². The molecule has 1 aliphatic heterocycles. The Hall–Kier alpha value is -1.73. The second kappa shape index (κ2) is 6.15. The quantitative estimate of drug-likeness (QED) is 0.909. The Morgan fingerprint density at radius 3 is 3.25 bits per heavy atom. The molecule has 1 N–H and O–H groups in total. The van der Waals surface area contributed by atoms with Gasteiger partial charge in [0.1, 0.15) is 0 Å². The van der Waals surface area contributed by atoms with E-state index in [2.05, 4.69) is 15.6 Å². The van der Waals surface area contributed by atoms with E-state index in [1.165, 1.54) is 11.3 Å². The monoisotopic (exact) mass is 292 g/mol. The van der Waals surface area contributed by atoms with Gasteiger partial charge < -0.3 is 10.1 Å². The van der Waals surface area contributed by atoms with Crippen molar-refractivity contribution in [2.45, 2.75) is 25.5 Å². The number of nitrogens with one attached hydrogen (secondary N) is 1. The number of ether oxygens (including phenoxy) is 1. The summed E-state index contributed by atoms with van der Waals surface area (Å²) in [6, 6.07) is 3.86. The molecule has 0 aliphatic carbocycles. The van der Waals surface area contributed by atoms with Crippen molar-refractivity contribution >= 4 is 17.2 Å². The van der Waals surface area contributed by atoms with Crippen LogP contribution in [0.5, 0.6) is 0 Å². The minimum atomic E-state index is -0.0423. The van der Waals surface area contributed by atoms with E-state index in [1.54, 1.807) is 17.1 Å². The number of thiophene rings is 1. The highest BCUT2D eigenvalue weighted by Gasteiger charge is 2.20. The van der Waals surface area contributed by atoms with Crippen molar-refractivity contribution in [2.75, 3.05) is 13.2 Å². The fourth-order valence-electron chi connectivity index (χ4n) is 2.17. The molecule has 2 aromatic rings. The van der Waals surface area contributed by atoms with E-state index >= 15 is 0 Å². The highest BCUT2D eigenvalue weighted by molar-refractivity contribution is 7.14. The summed E-state index contributed by atoms with van der Waals surface area (Å²) in [5.74, 6) is -0.0423. The molecule has 3 rings (SSSR count). The van der Waals surface area contributed by atoms with Gasteiger partial charge in [0.15, 0.2) is 0 Å². The van der Waals surface area contributed by atoms with Crippen LogP contribution in [0.4, 0.5) is 0 Å². The van der Waals surface area contributed by atoms with Crippen LogP contribution in [0.1, 0.15) is 33.5 Å². The zero-order chi connectivity index (χ0) is 13.8. The number of nitrogens with zero attached hydrogens (tertiary/aromatic N) is 3. The van der Waals surface area contributed by atoms with Gasteiger partial charge in [0, 0.05) is 24.2 Å². The number of aromatic nitrogens is 3. The van der Waals surface area contributed by atoms with Crippen molar-refractivity contribution in [1.29, 1.82) is 0 Å². The molecule has 0 radical (unpaired) electrons. The first-order chi connectivity index (χ1) is 9.83. The van der Waals surface area contributed by atoms with Crippen LogP contribution in [0.2, 0.25) is 0 Å². The van der Waals surface area contributed by atoms with Gasteiger partial charge in [-0.2, -0.15) is 0 Å². The number of carbonyl (C=O) groups excluding carboxylic acids is 1. The van der Waals surface area contributed by atoms with Crippen molar-refractivity contribution in [1.82, 2.24) is 20.3 Å². The first-order valence-electron chi connectivity index (χ1n) is 6.66. The molecule has 6 nitrogen and oxygen atoms in total. The molecule has 1 amide bonds. The van der Waals surface area contributed by atoms with Gasteiger partial charge in [-0.1, -0.05) is 5.21 Å².